The predicted octanol–water partition coefficient (Wildman–Crippen LogP) is 6.39. The van der Waals surface area contributed by atoms with Gasteiger partial charge < -0.3 is 15.4 Å². The second-order valence-electron chi connectivity index (χ2n) is 5.95. The molecule has 0 aliphatic heterocycles. The van der Waals surface area contributed by atoms with Gasteiger partial charge in [0.25, 0.3) is 5.91 Å². The van der Waals surface area contributed by atoms with Crippen LogP contribution in [0.2, 0.25) is 10.0 Å². The first-order chi connectivity index (χ1) is 13.5. The van der Waals surface area contributed by atoms with E-state index in [0.29, 0.717) is 28.0 Å². The van der Waals surface area contributed by atoms with Gasteiger partial charge in [0, 0.05) is 17.3 Å². The van der Waals surface area contributed by atoms with E-state index in [4.69, 9.17) is 27.9 Å². The number of benzene rings is 3. The lowest BCUT2D eigenvalue weighted by molar-refractivity contribution is -0.118. The number of para-hydroxylation sites is 1. The van der Waals surface area contributed by atoms with Crippen LogP contribution < -0.4 is 15.4 Å². The number of amides is 1. The van der Waals surface area contributed by atoms with E-state index in [1.807, 2.05) is 42.5 Å². The molecule has 0 atom stereocenters. The zero-order valence-electron chi connectivity index (χ0n) is 14.7. The number of halogens is 3. The highest BCUT2D eigenvalue weighted by molar-refractivity contribution is 9.10. The third kappa shape index (κ3) is 5.89. The molecule has 0 saturated carbocycles. The fraction of sp³-hybridized carbons (Fsp3) is 0.0952. The Hall–Kier alpha value is -2.21. The zero-order valence-corrected chi connectivity index (χ0v) is 17.8. The molecule has 0 aliphatic carbocycles. The van der Waals surface area contributed by atoms with Gasteiger partial charge in [0.1, 0.15) is 5.75 Å². The summed E-state index contributed by atoms with van der Waals surface area (Å²) in [5, 5.41) is 7.20. The molecule has 0 radical (unpaired) electrons. The quantitative estimate of drug-likeness (QED) is 0.413. The maximum absolute atomic E-state index is 12.1. The average Bonchev–Trinajstić information content (AvgIpc) is 2.67. The monoisotopic (exact) mass is 478 g/mol. The molecular formula is C21H17BrCl2N2O2. The van der Waals surface area contributed by atoms with Crippen molar-refractivity contribution in [3.8, 4) is 5.75 Å². The lowest BCUT2D eigenvalue weighted by atomic mass is 10.2. The zero-order chi connectivity index (χ0) is 19.9. The Balaban J connectivity index is 1.54. The number of carbonyl (C=O) groups excluding carboxylic acids is 1. The minimum atomic E-state index is -0.285. The van der Waals surface area contributed by atoms with Gasteiger partial charge in [0.05, 0.1) is 15.2 Å². The molecule has 0 unspecified atom stereocenters. The summed E-state index contributed by atoms with van der Waals surface area (Å²) >= 11 is 15.5. The second-order valence-corrected chi connectivity index (χ2v) is 7.64. The van der Waals surface area contributed by atoms with Gasteiger partial charge in [-0.3, -0.25) is 4.79 Å². The fourth-order valence-corrected chi connectivity index (χ4v) is 3.38. The van der Waals surface area contributed by atoms with Crippen molar-refractivity contribution in [2.45, 2.75) is 6.54 Å². The average molecular weight is 480 g/mol. The Labute approximate surface area is 181 Å². The number of ether oxygens (including phenoxy) is 1. The standard InChI is InChI=1S/C21H17BrCl2N2O2/c22-17-10-14(12-25-16-5-3-4-15(23)11-16)8-9-20(17)28-13-21(27)26-19-7-2-1-6-18(19)24/h1-11,25H,12-13H2,(H,26,27). The van der Waals surface area contributed by atoms with Crippen LogP contribution in [0.15, 0.2) is 71.2 Å². The van der Waals surface area contributed by atoms with Crippen molar-refractivity contribution in [2.75, 3.05) is 17.2 Å². The van der Waals surface area contributed by atoms with Crippen molar-refractivity contribution in [1.82, 2.24) is 0 Å². The highest BCUT2D eigenvalue weighted by Crippen LogP contribution is 2.27. The van der Waals surface area contributed by atoms with E-state index >= 15 is 0 Å². The molecule has 1 amide bonds. The van der Waals surface area contributed by atoms with Crippen molar-refractivity contribution < 1.29 is 9.53 Å². The molecule has 0 bridgehead atoms. The number of carbonyl (C=O) groups is 1. The summed E-state index contributed by atoms with van der Waals surface area (Å²) in [5.74, 6) is 0.299. The normalized spacial score (nSPS) is 10.4. The molecule has 0 fully saturated rings. The molecule has 3 aromatic carbocycles. The molecule has 0 aromatic heterocycles. The molecule has 4 nitrogen and oxygen atoms in total. The van der Waals surface area contributed by atoms with Crippen LogP contribution in [0, 0.1) is 0 Å². The minimum Gasteiger partial charge on any atom is -0.483 e. The first-order valence-corrected chi connectivity index (χ1v) is 10.0. The van der Waals surface area contributed by atoms with Crippen molar-refractivity contribution in [1.29, 1.82) is 0 Å². The van der Waals surface area contributed by atoms with E-state index in [2.05, 4.69) is 26.6 Å². The number of hydrogen-bond donors (Lipinski definition) is 2. The molecule has 28 heavy (non-hydrogen) atoms. The van der Waals surface area contributed by atoms with Gasteiger partial charge in [-0.05, 0) is 64.0 Å². The molecule has 0 heterocycles. The van der Waals surface area contributed by atoms with Crippen LogP contribution in [-0.2, 0) is 11.3 Å². The highest BCUT2D eigenvalue weighted by atomic mass is 79.9. The molecule has 3 aromatic rings. The van der Waals surface area contributed by atoms with Gasteiger partial charge in [-0.2, -0.15) is 0 Å². The SMILES string of the molecule is O=C(COc1ccc(CNc2cccc(Cl)c2)cc1Br)Nc1ccccc1Cl. The van der Waals surface area contributed by atoms with Gasteiger partial charge in [-0.1, -0.05) is 47.5 Å². The van der Waals surface area contributed by atoms with Crippen LogP contribution in [0.5, 0.6) is 5.75 Å². The molecule has 0 saturated heterocycles. The number of anilines is 2. The third-order valence-corrected chi connectivity index (χ3v) is 5.01. The summed E-state index contributed by atoms with van der Waals surface area (Å²) in [6.07, 6.45) is 0. The van der Waals surface area contributed by atoms with Crippen molar-refractivity contribution in [3.05, 3.63) is 86.8 Å². The largest absolute Gasteiger partial charge is 0.483 e. The lowest BCUT2D eigenvalue weighted by Gasteiger charge is -2.12. The second kappa shape index (κ2) is 9.82. The van der Waals surface area contributed by atoms with Crippen LogP contribution in [0.3, 0.4) is 0 Å². The predicted molar refractivity (Wildman–Crippen MR) is 118 cm³/mol. The molecule has 144 valence electrons. The van der Waals surface area contributed by atoms with Gasteiger partial charge in [-0.25, -0.2) is 0 Å². The van der Waals surface area contributed by atoms with Gasteiger partial charge >= 0.3 is 0 Å². The van der Waals surface area contributed by atoms with Crippen molar-refractivity contribution in [2.24, 2.45) is 0 Å². The number of nitrogens with one attached hydrogen (secondary N) is 2. The topological polar surface area (TPSA) is 50.4 Å². The van der Waals surface area contributed by atoms with Gasteiger partial charge in [-0.15, -0.1) is 0 Å². The Morgan fingerprint density at radius 1 is 1.00 bits per heavy atom. The van der Waals surface area contributed by atoms with E-state index in [1.165, 1.54) is 0 Å². The van der Waals surface area contributed by atoms with Crippen LogP contribution in [0.4, 0.5) is 11.4 Å². The number of rotatable bonds is 7. The molecule has 3 rings (SSSR count). The van der Waals surface area contributed by atoms with Crippen molar-refractivity contribution in [3.63, 3.8) is 0 Å². The van der Waals surface area contributed by atoms with Crippen LogP contribution in [0.1, 0.15) is 5.56 Å². The molecule has 7 heteroatoms. The van der Waals surface area contributed by atoms with Crippen LogP contribution >= 0.6 is 39.1 Å². The smallest absolute Gasteiger partial charge is 0.262 e. The van der Waals surface area contributed by atoms with E-state index in [1.54, 1.807) is 24.3 Å². The summed E-state index contributed by atoms with van der Waals surface area (Å²) in [4.78, 5) is 12.1. The summed E-state index contributed by atoms with van der Waals surface area (Å²) in [5.41, 5.74) is 2.55. The third-order valence-electron chi connectivity index (χ3n) is 3.82. The summed E-state index contributed by atoms with van der Waals surface area (Å²) in [6.45, 7) is 0.510. The molecule has 2 N–H and O–H groups in total. The Bertz CT molecular complexity index is 982. The minimum absolute atomic E-state index is 0.121. The van der Waals surface area contributed by atoms with Crippen molar-refractivity contribution >= 4 is 56.4 Å². The Kier molecular flexibility index (Phi) is 7.20. The molecule has 0 aliphatic rings. The highest BCUT2D eigenvalue weighted by Gasteiger charge is 2.09. The lowest BCUT2D eigenvalue weighted by Crippen LogP contribution is -2.20. The fourth-order valence-electron chi connectivity index (χ4n) is 2.47. The maximum atomic E-state index is 12.1. The van der Waals surface area contributed by atoms with Crippen LogP contribution in [0.25, 0.3) is 0 Å². The Morgan fingerprint density at radius 2 is 1.82 bits per heavy atom. The van der Waals surface area contributed by atoms with Gasteiger partial charge in [0.15, 0.2) is 6.61 Å². The van der Waals surface area contributed by atoms with E-state index in [-0.39, 0.29) is 12.5 Å². The first-order valence-electron chi connectivity index (χ1n) is 8.46. The molecule has 0 spiro atoms. The Morgan fingerprint density at radius 3 is 2.57 bits per heavy atom. The maximum Gasteiger partial charge on any atom is 0.262 e. The van der Waals surface area contributed by atoms with E-state index in [9.17, 15) is 4.79 Å². The summed E-state index contributed by atoms with van der Waals surface area (Å²) in [7, 11) is 0. The summed E-state index contributed by atoms with van der Waals surface area (Å²) < 4.78 is 6.37. The van der Waals surface area contributed by atoms with Crippen LogP contribution in [-0.4, -0.2) is 12.5 Å². The molecular weight excluding hydrogens is 463 g/mol. The van der Waals surface area contributed by atoms with Gasteiger partial charge in [0.2, 0.25) is 0 Å². The number of hydrogen-bond acceptors (Lipinski definition) is 3. The summed E-state index contributed by atoms with van der Waals surface area (Å²) in [6, 6.07) is 20.3. The first kappa shape index (κ1) is 20.5. The van der Waals surface area contributed by atoms with E-state index < -0.39 is 0 Å². The van der Waals surface area contributed by atoms with E-state index in [0.717, 1.165) is 15.7 Å².